The van der Waals surface area contributed by atoms with Crippen LogP contribution in [0.5, 0.6) is 5.75 Å². The number of anilines is 1. The fraction of sp³-hybridized carbons (Fsp3) is 0.273. The lowest BCUT2D eigenvalue weighted by atomic mass is 10.1. The lowest BCUT2D eigenvalue weighted by molar-refractivity contribution is 0.102. The number of ether oxygens (including phenoxy) is 1. The number of para-hydroxylation sites is 1. The molecule has 8 heteroatoms. The van der Waals surface area contributed by atoms with Gasteiger partial charge in [0.2, 0.25) is 10.0 Å². The summed E-state index contributed by atoms with van der Waals surface area (Å²) in [6, 6.07) is 13.3. The number of pyridine rings is 1. The van der Waals surface area contributed by atoms with Gasteiger partial charge < -0.3 is 10.1 Å². The third-order valence-electron chi connectivity index (χ3n) is 4.86. The predicted octanol–water partition coefficient (Wildman–Crippen LogP) is 3.83. The van der Waals surface area contributed by atoms with Crippen molar-refractivity contribution in [2.75, 3.05) is 25.5 Å². The van der Waals surface area contributed by atoms with Crippen molar-refractivity contribution < 1.29 is 17.9 Å². The molecule has 0 aliphatic carbocycles. The van der Waals surface area contributed by atoms with Crippen molar-refractivity contribution in [3.63, 3.8) is 0 Å². The van der Waals surface area contributed by atoms with Gasteiger partial charge in [-0.05, 0) is 43.3 Å². The number of benzene rings is 2. The maximum Gasteiger partial charge on any atom is 0.255 e. The van der Waals surface area contributed by atoms with Crippen molar-refractivity contribution in [2.45, 2.75) is 25.7 Å². The molecule has 1 heterocycles. The first kappa shape index (κ1) is 21.7. The van der Waals surface area contributed by atoms with Crippen LogP contribution in [0.3, 0.4) is 0 Å². The van der Waals surface area contributed by atoms with Crippen molar-refractivity contribution in [2.24, 2.45) is 0 Å². The van der Waals surface area contributed by atoms with Crippen LogP contribution in [-0.4, -0.2) is 43.8 Å². The largest absolute Gasteiger partial charge is 0.494 e. The normalized spacial score (nSPS) is 11.6. The highest BCUT2D eigenvalue weighted by Gasteiger charge is 2.22. The maximum absolute atomic E-state index is 12.8. The van der Waals surface area contributed by atoms with Gasteiger partial charge in [-0.3, -0.25) is 4.79 Å². The number of aromatic nitrogens is 1. The molecule has 0 unspecified atom stereocenters. The zero-order chi connectivity index (χ0) is 21.9. The molecule has 0 spiro atoms. The summed E-state index contributed by atoms with van der Waals surface area (Å²) in [5, 5.41) is 3.66. The summed E-state index contributed by atoms with van der Waals surface area (Å²) in [7, 11) is -1.99. The van der Waals surface area contributed by atoms with E-state index in [1.54, 1.807) is 27.0 Å². The van der Waals surface area contributed by atoms with E-state index < -0.39 is 10.0 Å². The van der Waals surface area contributed by atoms with Gasteiger partial charge in [0.15, 0.2) is 0 Å². The van der Waals surface area contributed by atoms with Crippen molar-refractivity contribution in [1.82, 2.24) is 9.29 Å². The number of nitrogens with one attached hydrogen (secondary N) is 1. The quantitative estimate of drug-likeness (QED) is 0.619. The summed E-state index contributed by atoms with van der Waals surface area (Å²) < 4.78 is 32.0. The van der Waals surface area contributed by atoms with Gasteiger partial charge in [0.05, 0.1) is 17.7 Å². The monoisotopic (exact) mass is 427 g/mol. The highest BCUT2D eigenvalue weighted by atomic mass is 32.2. The average molecular weight is 428 g/mol. The lowest BCUT2D eigenvalue weighted by Crippen LogP contribution is -2.30. The van der Waals surface area contributed by atoms with E-state index in [4.69, 9.17) is 4.74 Å². The Balaban J connectivity index is 1.91. The molecule has 1 amide bonds. The standard InChI is InChI=1S/C22H25N3O4S/c1-5-25(6-2)30(27,28)17-12-10-16(11-13-17)22(26)24-19-14-15(3)23-21-18(19)8-7-9-20(21)29-4/h7-14H,5-6H2,1-4H3,(H,23,24,26). The molecule has 0 atom stereocenters. The van der Waals surface area contributed by atoms with E-state index in [9.17, 15) is 13.2 Å². The van der Waals surface area contributed by atoms with E-state index in [0.29, 0.717) is 35.6 Å². The van der Waals surface area contributed by atoms with Gasteiger partial charge >= 0.3 is 0 Å². The Labute approximate surface area is 176 Å². The smallest absolute Gasteiger partial charge is 0.255 e. The SMILES string of the molecule is CCN(CC)S(=O)(=O)c1ccc(C(=O)Nc2cc(C)nc3c(OC)cccc23)cc1. The van der Waals surface area contributed by atoms with Crippen LogP contribution in [0.2, 0.25) is 0 Å². The number of amides is 1. The van der Waals surface area contributed by atoms with Crippen molar-refractivity contribution >= 4 is 32.5 Å². The Kier molecular flexibility index (Phi) is 6.38. The van der Waals surface area contributed by atoms with Gasteiger partial charge in [0, 0.05) is 29.7 Å². The second-order valence-corrected chi connectivity index (χ2v) is 8.67. The molecule has 0 saturated heterocycles. The van der Waals surface area contributed by atoms with Gasteiger partial charge in [-0.1, -0.05) is 26.0 Å². The van der Waals surface area contributed by atoms with E-state index >= 15 is 0 Å². The summed E-state index contributed by atoms with van der Waals surface area (Å²) in [6.45, 7) is 6.20. The predicted molar refractivity (Wildman–Crippen MR) is 118 cm³/mol. The van der Waals surface area contributed by atoms with Crippen LogP contribution in [-0.2, 0) is 10.0 Å². The minimum Gasteiger partial charge on any atom is -0.494 e. The van der Waals surface area contributed by atoms with Crippen molar-refractivity contribution in [3.8, 4) is 5.75 Å². The van der Waals surface area contributed by atoms with E-state index in [1.807, 2.05) is 25.1 Å². The summed E-state index contributed by atoms with van der Waals surface area (Å²) in [5.74, 6) is 0.286. The van der Waals surface area contributed by atoms with Crippen LogP contribution >= 0.6 is 0 Å². The summed E-state index contributed by atoms with van der Waals surface area (Å²) >= 11 is 0. The third-order valence-corrected chi connectivity index (χ3v) is 6.92. The van der Waals surface area contributed by atoms with Crippen LogP contribution in [0, 0.1) is 6.92 Å². The molecule has 7 nitrogen and oxygen atoms in total. The molecule has 0 fully saturated rings. The molecule has 0 saturated carbocycles. The van der Waals surface area contributed by atoms with E-state index in [1.165, 1.54) is 28.6 Å². The van der Waals surface area contributed by atoms with Crippen molar-refractivity contribution in [3.05, 3.63) is 59.8 Å². The van der Waals surface area contributed by atoms with Crippen LogP contribution in [0.1, 0.15) is 29.9 Å². The molecule has 2 aromatic carbocycles. The lowest BCUT2D eigenvalue weighted by Gasteiger charge is -2.18. The van der Waals surface area contributed by atoms with Gasteiger partial charge in [0.25, 0.3) is 5.91 Å². The first-order valence-corrected chi connectivity index (χ1v) is 11.1. The molecule has 0 aliphatic rings. The average Bonchev–Trinajstić information content (AvgIpc) is 2.74. The number of rotatable bonds is 7. The molecule has 3 aromatic rings. The zero-order valence-electron chi connectivity index (χ0n) is 17.5. The molecule has 0 radical (unpaired) electrons. The Morgan fingerprint density at radius 1 is 1.10 bits per heavy atom. The van der Waals surface area contributed by atoms with Gasteiger partial charge in [-0.25, -0.2) is 13.4 Å². The Morgan fingerprint density at radius 2 is 1.77 bits per heavy atom. The minimum absolute atomic E-state index is 0.165. The number of methoxy groups -OCH3 is 1. The van der Waals surface area contributed by atoms with Crippen LogP contribution < -0.4 is 10.1 Å². The number of sulfonamides is 1. The number of nitrogens with zero attached hydrogens (tertiary/aromatic N) is 2. The molecule has 3 rings (SSSR count). The molecule has 1 aromatic heterocycles. The molecule has 0 bridgehead atoms. The van der Waals surface area contributed by atoms with Gasteiger partial charge in [-0.2, -0.15) is 4.31 Å². The van der Waals surface area contributed by atoms with E-state index in [-0.39, 0.29) is 10.8 Å². The molecule has 30 heavy (non-hydrogen) atoms. The van der Waals surface area contributed by atoms with E-state index in [2.05, 4.69) is 10.3 Å². The highest BCUT2D eigenvalue weighted by molar-refractivity contribution is 7.89. The number of aryl methyl sites for hydroxylation is 1. The second-order valence-electron chi connectivity index (χ2n) is 6.74. The number of carbonyl (C=O) groups excluding carboxylic acids is 1. The summed E-state index contributed by atoms with van der Waals surface area (Å²) in [6.07, 6.45) is 0. The second kappa shape index (κ2) is 8.81. The summed E-state index contributed by atoms with van der Waals surface area (Å²) in [5.41, 5.74) is 2.37. The zero-order valence-corrected chi connectivity index (χ0v) is 18.3. The minimum atomic E-state index is -3.57. The van der Waals surface area contributed by atoms with Crippen LogP contribution in [0.4, 0.5) is 5.69 Å². The molecular weight excluding hydrogens is 402 g/mol. The summed E-state index contributed by atoms with van der Waals surface area (Å²) in [4.78, 5) is 17.5. The first-order chi connectivity index (χ1) is 14.3. The first-order valence-electron chi connectivity index (χ1n) is 9.67. The molecule has 1 N–H and O–H groups in total. The number of hydrogen-bond acceptors (Lipinski definition) is 5. The molecule has 158 valence electrons. The topological polar surface area (TPSA) is 88.6 Å². The molecular formula is C22H25N3O4S. The van der Waals surface area contributed by atoms with Gasteiger partial charge in [0.1, 0.15) is 11.3 Å². The Bertz CT molecular complexity index is 1170. The highest BCUT2D eigenvalue weighted by Crippen LogP contribution is 2.30. The fourth-order valence-corrected chi connectivity index (χ4v) is 4.76. The van der Waals surface area contributed by atoms with Crippen LogP contribution in [0.15, 0.2) is 53.4 Å². The molecule has 0 aliphatic heterocycles. The maximum atomic E-state index is 12.8. The Morgan fingerprint density at radius 3 is 2.37 bits per heavy atom. The van der Waals surface area contributed by atoms with Crippen LogP contribution in [0.25, 0.3) is 10.9 Å². The van der Waals surface area contributed by atoms with Gasteiger partial charge in [-0.15, -0.1) is 0 Å². The van der Waals surface area contributed by atoms with E-state index in [0.717, 1.165) is 11.1 Å². The number of fused-ring (bicyclic) bond motifs is 1. The number of hydrogen-bond donors (Lipinski definition) is 1. The fourth-order valence-electron chi connectivity index (χ4n) is 3.30. The Hall–Kier alpha value is -2.97. The third kappa shape index (κ3) is 4.15. The van der Waals surface area contributed by atoms with Crippen molar-refractivity contribution in [1.29, 1.82) is 0 Å². The number of carbonyl (C=O) groups is 1.